The summed E-state index contributed by atoms with van der Waals surface area (Å²) in [6.45, 7) is -0.415. The zero-order chi connectivity index (χ0) is 17.9. The lowest BCUT2D eigenvalue weighted by Crippen LogP contribution is -2.37. The van der Waals surface area contributed by atoms with Crippen LogP contribution in [0.4, 0.5) is 11.4 Å². The molecule has 0 aliphatic heterocycles. The maximum atomic E-state index is 12.3. The molecule has 5 nitrogen and oxygen atoms in total. The van der Waals surface area contributed by atoms with E-state index >= 15 is 0 Å². The van der Waals surface area contributed by atoms with Gasteiger partial charge in [-0.2, -0.15) is 0 Å². The van der Waals surface area contributed by atoms with Crippen molar-refractivity contribution < 1.29 is 13.2 Å². The van der Waals surface area contributed by atoms with E-state index in [1.165, 1.54) is 18.2 Å². The molecular weight excluding hydrogens is 439 g/mol. The van der Waals surface area contributed by atoms with Crippen molar-refractivity contribution in [3.8, 4) is 0 Å². The molecule has 0 saturated carbocycles. The Hall–Kier alpha value is -1.28. The number of halogens is 3. The van der Waals surface area contributed by atoms with Crippen LogP contribution in [0.3, 0.4) is 0 Å². The molecule has 128 valence electrons. The summed E-state index contributed by atoms with van der Waals surface area (Å²) in [5, 5.41) is 3.16. The summed E-state index contributed by atoms with van der Waals surface area (Å²) in [7, 11) is -3.72. The first-order chi connectivity index (χ1) is 11.2. The third-order valence-electron chi connectivity index (χ3n) is 3.01. The van der Waals surface area contributed by atoms with Crippen molar-refractivity contribution >= 4 is 66.4 Å². The monoisotopic (exact) mass is 450 g/mol. The van der Waals surface area contributed by atoms with Crippen LogP contribution >= 0.6 is 39.1 Å². The van der Waals surface area contributed by atoms with E-state index in [4.69, 9.17) is 23.2 Å². The molecule has 0 atom stereocenters. The van der Waals surface area contributed by atoms with Crippen LogP contribution < -0.4 is 9.62 Å². The van der Waals surface area contributed by atoms with E-state index < -0.39 is 22.5 Å². The van der Waals surface area contributed by atoms with Gasteiger partial charge in [0, 0.05) is 9.50 Å². The smallest absolute Gasteiger partial charge is 0.245 e. The van der Waals surface area contributed by atoms with E-state index in [9.17, 15) is 13.2 Å². The summed E-state index contributed by atoms with van der Waals surface area (Å²) in [5.74, 6) is -0.502. The minimum Gasteiger partial charge on any atom is -0.323 e. The topological polar surface area (TPSA) is 66.5 Å². The summed E-state index contributed by atoms with van der Waals surface area (Å²) >= 11 is 15.2. The molecule has 0 saturated heterocycles. The van der Waals surface area contributed by atoms with Gasteiger partial charge < -0.3 is 5.32 Å². The standard InChI is InChI=1S/C15H13BrCl2N2O3S/c1-24(22,23)20(14-7-6-10(17)8-12(14)18)9-15(21)19-13-5-3-2-4-11(13)16/h2-8H,9H2,1H3,(H,19,21). The Morgan fingerprint density at radius 2 is 1.88 bits per heavy atom. The summed E-state index contributed by atoms with van der Waals surface area (Å²) in [5.41, 5.74) is 0.726. The average molecular weight is 452 g/mol. The van der Waals surface area contributed by atoms with Crippen molar-refractivity contribution in [2.45, 2.75) is 0 Å². The van der Waals surface area contributed by atoms with Crippen molar-refractivity contribution in [2.75, 3.05) is 22.4 Å². The second-order valence-electron chi connectivity index (χ2n) is 4.89. The van der Waals surface area contributed by atoms with Crippen LogP contribution in [0.5, 0.6) is 0 Å². The molecule has 1 N–H and O–H groups in total. The van der Waals surface area contributed by atoms with Gasteiger partial charge in [0.25, 0.3) is 0 Å². The van der Waals surface area contributed by atoms with Crippen molar-refractivity contribution in [1.82, 2.24) is 0 Å². The van der Waals surface area contributed by atoms with E-state index in [1.807, 2.05) is 0 Å². The van der Waals surface area contributed by atoms with E-state index in [0.717, 1.165) is 10.6 Å². The predicted octanol–water partition coefficient (Wildman–Crippen LogP) is 4.16. The molecule has 9 heteroatoms. The van der Waals surface area contributed by atoms with Gasteiger partial charge in [-0.1, -0.05) is 35.3 Å². The van der Waals surface area contributed by atoms with Gasteiger partial charge in [-0.05, 0) is 46.3 Å². The predicted molar refractivity (Wildman–Crippen MR) is 101 cm³/mol. The van der Waals surface area contributed by atoms with Gasteiger partial charge in [-0.15, -0.1) is 0 Å². The fourth-order valence-electron chi connectivity index (χ4n) is 1.95. The van der Waals surface area contributed by atoms with E-state index in [1.54, 1.807) is 24.3 Å². The number of rotatable bonds is 5. The number of sulfonamides is 1. The first-order valence-corrected chi connectivity index (χ1v) is 10.1. The molecule has 0 aliphatic carbocycles. The van der Waals surface area contributed by atoms with Crippen LogP contribution in [0, 0.1) is 0 Å². The van der Waals surface area contributed by atoms with Gasteiger partial charge in [-0.3, -0.25) is 9.10 Å². The van der Waals surface area contributed by atoms with Gasteiger partial charge >= 0.3 is 0 Å². The van der Waals surface area contributed by atoms with Crippen LogP contribution in [0.2, 0.25) is 10.0 Å². The number of carbonyl (C=O) groups excluding carboxylic acids is 1. The van der Waals surface area contributed by atoms with E-state index in [-0.39, 0.29) is 10.7 Å². The number of amides is 1. The third kappa shape index (κ3) is 4.86. The first kappa shape index (κ1) is 19.1. The minimum absolute atomic E-state index is 0.140. The highest BCUT2D eigenvalue weighted by Crippen LogP contribution is 2.30. The second kappa shape index (κ2) is 7.74. The first-order valence-electron chi connectivity index (χ1n) is 6.65. The lowest BCUT2D eigenvalue weighted by Gasteiger charge is -2.23. The van der Waals surface area contributed by atoms with Crippen LogP contribution in [-0.4, -0.2) is 27.1 Å². The summed E-state index contributed by atoms with van der Waals surface area (Å²) < 4.78 is 25.8. The average Bonchev–Trinajstić information content (AvgIpc) is 2.47. The van der Waals surface area contributed by atoms with Crippen LogP contribution in [0.1, 0.15) is 0 Å². The molecule has 1 amide bonds. The number of para-hydroxylation sites is 1. The number of carbonyl (C=O) groups is 1. The molecule has 2 rings (SSSR count). The maximum absolute atomic E-state index is 12.3. The fourth-order valence-corrected chi connectivity index (χ4v) is 3.76. The summed E-state index contributed by atoms with van der Waals surface area (Å²) in [6, 6.07) is 11.4. The van der Waals surface area contributed by atoms with Crippen LogP contribution in [0.25, 0.3) is 0 Å². The van der Waals surface area contributed by atoms with Gasteiger partial charge in [-0.25, -0.2) is 8.42 Å². The van der Waals surface area contributed by atoms with Crippen molar-refractivity contribution in [2.24, 2.45) is 0 Å². The van der Waals surface area contributed by atoms with Crippen molar-refractivity contribution in [3.63, 3.8) is 0 Å². The number of nitrogens with zero attached hydrogens (tertiary/aromatic N) is 1. The number of hydrogen-bond acceptors (Lipinski definition) is 3. The molecular formula is C15H13BrCl2N2O3S. The Balaban J connectivity index is 2.27. The van der Waals surface area contributed by atoms with Gasteiger partial charge in [0.15, 0.2) is 0 Å². The molecule has 24 heavy (non-hydrogen) atoms. The zero-order valence-electron chi connectivity index (χ0n) is 12.5. The number of anilines is 2. The summed E-state index contributed by atoms with van der Waals surface area (Å²) in [4.78, 5) is 12.3. The number of benzene rings is 2. The summed E-state index contributed by atoms with van der Waals surface area (Å²) in [6.07, 6.45) is 1.00. The van der Waals surface area contributed by atoms with Gasteiger partial charge in [0.05, 0.1) is 22.7 Å². The number of hydrogen-bond donors (Lipinski definition) is 1. The number of nitrogens with one attached hydrogen (secondary N) is 1. The normalized spacial score (nSPS) is 11.2. The molecule has 0 spiro atoms. The van der Waals surface area contributed by atoms with Gasteiger partial charge in [0.1, 0.15) is 6.54 Å². The molecule has 0 radical (unpaired) electrons. The highest BCUT2D eigenvalue weighted by atomic mass is 79.9. The van der Waals surface area contributed by atoms with Gasteiger partial charge in [0.2, 0.25) is 15.9 Å². The highest BCUT2D eigenvalue weighted by Gasteiger charge is 2.23. The Morgan fingerprint density at radius 1 is 1.21 bits per heavy atom. The van der Waals surface area contributed by atoms with Crippen LogP contribution in [-0.2, 0) is 14.8 Å². The molecule has 2 aromatic rings. The molecule has 0 unspecified atom stereocenters. The van der Waals surface area contributed by atoms with E-state index in [0.29, 0.717) is 15.2 Å². The highest BCUT2D eigenvalue weighted by molar-refractivity contribution is 9.10. The Kier molecular flexibility index (Phi) is 6.14. The molecule has 0 aliphatic rings. The van der Waals surface area contributed by atoms with Crippen LogP contribution in [0.15, 0.2) is 46.9 Å². The molecule has 0 fully saturated rings. The van der Waals surface area contributed by atoms with E-state index in [2.05, 4.69) is 21.2 Å². The largest absolute Gasteiger partial charge is 0.323 e. The zero-order valence-corrected chi connectivity index (χ0v) is 16.4. The van der Waals surface area contributed by atoms with Crippen molar-refractivity contribution in [3.05, 3.63) is 57.0 Å². The van der Waals surface area contributed by atoms with Crippen molar-refractivity contribution in [1.29, 1.82) is 0 Å². The lowest BCUT2D eigenvalue weighted by atomic mass is 10.3. The Morgan fingerprint density at radius 3 is 2.46 bits per heavy atom. The molecule has 0 heterocycles. The Labute approximate surface area is 158 Å². The molecule has 2 aromatic carbocycles. The SMILES string of the molecule is CS(=O)(=O)N(CC(=O)Nc1ccccc1Br)c1ccc(Cl)cc1Cl. The maximum Gasteiger partial charge on any atom is 0.245 e. The quantitative estimate of drug-likeness (QED) is 0.741. The molecule has 0 bridgehead atoms. The lowest BCUT2D eigenvalue weighted by molar-refractivity contribution is -0.114. The fraction of sp³-hybridized carbons (Fsp3) is 0.133. The second-order valence-corrected chi connectivity index (χ2v) is 8.50. The Bertz CT molecular complexity index is 875. The third-order valence-corrected chi connectivity index (χ3v) is 5.37. The minimum atomic E-state index is -3.72. The molecule has 0 aromatic heterocycles.